The zero-order valence-electron chi connectivity index (χ0n) is 14.1. The molecule has 0 N–H and O–H groups in total. The van der Waals surface area contributed by atoms with Crippen LogP contribution in [0.1, 0.15) is 16.9 Å². The average Bonchev–Trinajstić information content (AvgIpc) is 3.27. The van der Waals surface area contributed by atoms with E-state index < -0.39 is 0 Å². The van der Waals surface area contributed by atoms with Crippen LogP contribution < -0.4 is 9.64 Å². The Morgan fingerprint density at radius 2 is 2.04 bits per heavy atom. The fourth-order valence-corrected chi connectivity index (χ4v) is 4.47. The van der Waals surface area contributed by atoms with Gasteiger partial charge < -0.3 is 14.5 Å². The summed E-state index contributed by atoms with van der Waals surface area (Å²) >= 11 is 1.76. The SMILES string of the molecule is COc1ccc(N2CC(C(=O)N3CCc4sccc4C3)CC2=O)cc1. The van der Waals surface area contributed by atoms with Crippen molar-refractivity contribution in [2.24, 2.45) is 5.92 Å². The molecule has 1 aromatic carbocycles. The molecule has 1 aromatic heterocycles. The van der Waals surface area contributed by atoms with Crippen molar-refractivity contribution in [3.63, 3.8) is 0 Å². The molecule has 0 saturated carbocycles. The van der Waals surface area contributed by atoms with Crippen LogP contribution in [0, 0.1) is 5.92 Å². The van der Waals surface area contributed by atoms with Crippen LogP contribution in [0.25, 0.3) is 0 Å². The summed E-state index contributed by atoms with van der Waals surface area (Å²) in [5, 5.41) is 2.09. The molecule has 1 saturated heterocycles. The van der Waals surface area contributed by atoms with E-state index in [1.165, 1.54) is 10.4 Å². The van der Waals surface area contributed by atoms with E-state index in [0.717, 1.165) is 24.4 Å². The molecule has 2 aliphatic rings. The molecule has 2 aliphatic heterocycles. The molecular weight excluding hydrogens is 336 g/mol. The summed E-state index contributed by atoms with van der Waals surface area (Å²) in [5.74, 6) is 0.607. The van der Waals surface area contributed by atoms with Crippen LogP contribution in [0.15, 0.2) is 35.7 Å². The van der Waals surface area contributed by atoms with Crippen LogP contribution in [0.4, 0.5) is 5.69 Å². The molecule has 0 spiro atoms. The number of ether oxygens (including phenoxy) is 1. The monoisotopic (exact) mass is 356 g/mol. The largest absolute Gasteiger partial charge is 0.497 e. The van der Waals surface area contributed by atoms with Gasteiger partial charge in [-0.1, -0.05) is 0 Å². The molecule has 1 unspecified atom stereocenters. The Balaban J connectivity index is 1.45. The Kier molecular flexibility index (Phi) is 4.21. The maximum absolute atomic E-state index is 12.9. The van der Waals surface area contributed by atoms with Crippen molar-refractivity contribution in [2.45, 2.75) is 19.4 Å². The van der Waals surface area contributed by atoms with Gasteiger partial charge in [0.15, 0.2) is 0 Å². The van der Waals surface area contributed by atoms with Crippen LogP contribution in [0.5, 0.6) is 5.75 Å². The predicted molar refractivity (Wildman–Crippen MR) is 96.9 cm³/mol. The van der Waals surface area contributed by atoms with Crippen molar-refractivity contribution in [3.05, 3.63) is 46.2 Å². The van der Waals surface area contributed by atoms with Crippen LogP contribution in [-0.4, -0.2) is 36.9 Å². The highest BCUT2D eigenvalue weighted by molar-refractivity contribution is 7.10. The lowest BCUT2D eigenvalue weighted by Gasteiger charge is -2.29. The summed E-state index contributed by atoms with van der Waals surface area (Å²) in [5.41, 5.74) is 2.07. The molecule has 130 valence electrons. The molecule has 4 rings (SSSR count). The Labute approximate surface area is 150 Å². The van der Waals surface area contributed by atoms with Gasteiger partial charge >= 0.3 is 0 Å². The second kappa shape index (κ2) is 6.52. The van der Waals surface area contributed by atoms with Crippen molar-refractivity contribution in [1.82, 2.24) is 4.90 Å². The second-order valence-corrected chi connectivity index (χ2v) is 7.48. The Morgan fingerprint density at radius 1 is 1.24 bits per heavy atom. The normalized spacial score (nSPS) is 19.9. The number of methoxy groups -OCH3 is 1. The first kappa shape index (κ1) is 16.1. The van der Waals surface area contributed by atoms with Crippen LogP contribution in [0.2, 0.25) is 0 Å². The second-order valence-electron chi connectivity index (χ2n) is 6.48. The number of anilines is 1. The van der Waals surface area contributed by atoms with E-state index >= 15 is 0 Å². The van der Waals surface area contributed by atoms with Crippen molar-refractivity contribution in [2.75, 3.05) is 25.1 Å². The molecule has 1 atom stereocenters. The topological polar surface area (TPSA) is 49.9 Å². The average molecular weight is 356 g/mol. The third-order valence-corrected chi connectivity index (χ3v) is 6.00. The summed E-state index contributed by atoms with van der Waals surface area (Å²) in [7, 11) is 1.61. The zero-order valence-corrected chi connectivity index (χ0v) is 14.9. The number of thiophene rings is 1. The third kappa shape index (κ3) is 3.02. The summed E-state index contributed by atoms with van der Waals surface area (Å²) in [6, 6.07) is 9.49. The van der Waals surface area contributed by atoms with Crippen molar-refractivity contribution < 1.29 is 14.3 Å². The molecule has 0 radical (unpaired) electrons. The van der Waals surface area contributed by atoms with Gasteiger partial charge in [-0.05, 0) is 47.7 Å². The van der Waals surface area contributed by atoms with E-state index in [1.807, 2.05) is 29.2 Å². The molecule has 25 heavy (non-hydrogen) atoms. The van der Waals surface area contributed by atoms with Gasteiger partial charge in [0.1, 0.15) is 5.75 Å². The fraction of sp³-hybridized carbons (Fsp3) is 0.368. The summed E-state index contributed by atoms with van der Waals surface area (Å²) in [6.07, 6.45) is 1.21. The Hall–Kier alpha value is -2.34. The van der Waals surface area contributed by atoms with Crippen LogP contribution >= 0.6 is 11.3 Å². The highest BCUT2D eigenvalue weighted by Gasteiger charge is 2.38. The molecular formula is C19H20N2O3S. The standard InChI is InChI=1S/C19H20N2O3S/c1-24-16-4-2-15(3-5-16)21-12-14(10-18(21)22)19(23)20-8-6-17-13(11-20)7-9-25-17/h2-5,7,9,14H,6,8,10-12H2,1H3. The van der Waals surface area contributed by atoms with Gasteiger partial charge in [-0.2, -0.15) is 0 Å². The predicted octanol–water partition coefficient (Wildman–Crippen LogP) is 2.69. The van der Waals surface area contributed by atoms with Crippen molar-refractivity contribution in [1.29, 1.82) is 0 Å². The number of carbonyl (C=O) groups excluding carboxylic acids is 2. The van der Waals surface area contributed by atoms with Crippen LogP contribution in [-0.2, 0) is 22.6 Å². The lowest BCUT2D eigenvalue weighted by atomic mass is 10.0. The van der Waals surface area contributed by atoms with E-state index in [1.54, 1.807) is 23.3 Å². The van der Waals surface area contributed by atoms with Gasteiger partial charge in [0.25, 0.3) is 0 Å². The van der Waals surface area contributed by atoms with Crippen molar-refractivity contribution >= 4 is 28.8 Å². The van der Waals surface area contributed by atoms with Gasteiger partial charge in [-0.3, -0.25) is 9.59 Å². The highest BCUT2D eigenvalue weighted by Crippen LogP contribution is 2.30. The first-order valence-corrected chi connectivity index (χ1v) is 9.32. The van der Waals surface area contributed by atoms with E-state index in [-0.39, 0.29) is 24.2 Å². The lowest BCUT2D eigenvalue weighted by molar-refractivity contribution is -0.136. The molecule has 0 bridgehead atoms. The first-order valence-electron chi connectivity index (χ1n) is 8.44. The van der Waals surface area contributed by atoms with E-state index in [0.29, 0.717) is 13.1 Å². The van der Waals surface area contributed by atoms with Gasteiger partial charge in [-0.15, -0.1) is 11.3 Å². The van der Waals surface area contributed by atoms with E-state index in [9.17, 15) is 9.59 Å². The minimum Gasteiger partial charge on any atom is -0.497 e. The molecule has 5 nitrogen and oxygen atoms in total. The number of nitrogens with zero attached hydrogens (tertiary/aromatic N) is 2. The zero-order chi connectivity index (χ0) is 17.4. The smallest absolute Gasteiger partial charge is 0.228 e. The molecule has 6 heteroatoms. The molecule has 1 fully saturated rings. The van der Waals surface area contributed by atoms with E-state index in [4.69, 9.17) is 4.74 Å². The summed E-state index contributed by atoms with van der Waals surface area (Å²) < 4.78 is 5.16. The lowest BCUT2D eigenvalue weighted by Crippen LogP contribution is -2.40. The third-order valence-electron chi connectivity index (χ3n) is 4.98. The number of amides is 2. The van der Waals surface area contributed by atoms with Crippen LogP contribution in [0.3, 0.4) is 0 Å². The Bertz CT molecular complexity index is 799. The minimum absolute atomic E-state index is 0.0109. The van der Waals surface area contributed by atoms with Gasteiger partial charge in [0.05, 0.1) is 13.0 Å². The molecule has 0 aliphatic carbocycles. The number of fused-ring (bicyclic) bond motifs is 1. The van der Waals surface area contributed by atoms with Gasteiger partial charge in [0.2, 0.25) is 11.8 Å². The van der Waals surface area contributed by atoms with Gasteiger partial charge in [0, 0.05) is 36.6 Å². The maximum Gasteiger partial charge on any atom is 0.228 e. The number of carbonyl (C=O) groups is 2. The maximum atomic E-state index is 12.9. The number of hydrogen-bond acceptors (Lipinski definition) is 4. The number of hydrogen-bond donors (Lipinski definition) is 0. The highest BCUT2D eigenvalue weighted by atomic mass is 32.1. The van der Waals surface area contributed by atoms with Gasteiger partial charge in [-0.25, -0.2) is 0 Å². The minimum atomic E-state index is -0.255. The summed E-state index contributed by atoms with van der Waals surface area (Å²) in [6.45, 7) is 1.88. The fourth-order valence-electron chi connectivity index (χ4n) is 3.58. The molecule has 2 amide bonds. The first-order chi connectivity index (χ1) is 12.2. The quantitative estimate of drug-likeness (QED) is 0.850. The summed E-state index contributed by atoms with van der Waals surface area (Å²) in [4.78, 5) is 30.3. The number of benzene rings is 1. The van der Waals surface area contributed by atoms with E-state index in [2.05, 4.69) is 11.4 Å². The Morgan fingerprint density at radius 3 is 2.80 bits per heavy atom. The number of rotatable bonds is 3. The molecule has 3 heterocycles. The van der Waals surface area contributed by atoms with Crippen molar-refractivity contribution in [3.8, 4) is 5.75 Å². The molecule has 2 aromatic rings.